The highest BCUT2D eigenvalue weighted by molar-refractivity contribution is 7.13. The van der Waals surface area contributed by atoms with Crippen molar-refractivity contribution in [2.24, 2.45) is 0 Å². The van der Waals surface area contributed by atoms with E-state index in [0.717, 1.165) is 16.1 Å². The van der Waals surface area contributed by atoms with Crippen molar-refractivity contribution < 1.29 is 14.1 Å². The van der Waals surface area contributed by atoms with E-state index < -0.39 is 5.97 Å². The molecule has 0 aliphatic rings. The van der Waals surface area contributed by atoms with E-state index in [-0.39, 0.29) is 6.61 Å². The van der Waals surface area contributed by atoms with E-state index in [4.69, 9.17) is 9.26 Å². The minimum Gasteiger partial charge on any atom is -0.454 e. The summed E-state index contributed by atoms with van der Waals surface area (Å²) in [6.07, 6.45) is 0. The average molecular weight is 376 g/mol. The number of nitrogens with zero attached hydrogens (tertiary/aromatic N) is 2. The first-order valence-corrected chi connectivity index (χ1v) is 9.28. The lowest BCUT2D eigenvalue weighted by Crippen LogP contribution is -2.05. The Labute approximate surface area is 160 Å². The molecule has 27 heavy (non-hydrogen) atoms. The second kappa shape index (κ2) is 7.55. The molecule has 0 spiro atoms. The highest BCUT2D eigenvalue weighted by Gasteiger charge is 2.15. The maximum Gasteiger partial charge on any atom is 0.358 e. The summed E-state index contributed by atoms with van der Waals surface area (Å²) in [6.45, 7) is 2.06. The Morgan fingerprint density at radius 3 is 2.63 bits per heavy atom. The number of thiazole rings is 1. The standard InChI is InChI=1S/C21H16N2O3S/c1-14-7-9-16(10-8-14)20-22-18(13-27-20)21(24)25-12-17-11-19(26-23-17)15-5-3-2-4-6-15/h2-11,13H,12H2,1H3. The Morgan fingerprint density at radius 1 is 1.07 bits per heavy atom. The van der Waals surface area contributed by atoms with E-state index in [1.54, 1.807) is 11.4 Å². The fourth-order valence-electron chi connectivity index (χ4n) is 2.53. The molecule has 0 radical (unpaired) electrons. The molecule has 0 aliphatic carbocycles. The number of carbonyl (C=O) groups excluding carboxylic acids is 1. The van der Waals surface area contributed by atoms with E-state index in [0.29, 0.717) is 17.1 Å². The van der Waals surface area contributed by atoms with Crippen molar-refractivity contribution in [3.63, 3.8) is 0 Å². The number of aryl methyl sites for hydroxylation is 1. The summed E-state index contributed by atoms with van der Waals surface area (Å²) in [5.41, 5.74) is 3.93. The predicted octanol–water partition coefficient (Wildman–Crippen LogP) is 5.13. The summed E-state index contributed by atoms with van der Waals surface area (Å²) < 4.78 is 10.6. The normalized spacial score (nSPS) is 10.7. The monoisotopic (exact) mass is 376 g/mol. The van der Waals surface area contributed by atoms with Crippen molar-refractivity contribution in [3.05, 3.63) is 83.0 Å². The molecule has 4 rings (SSSR count). The highest BCUT2D eigenvalue weighted by Crippen LogP contribution is 2.25. The fraction of sp³-hybridized carbons (Fsp3) is 0.0952. The Kier molecular flexibility index (Phi) is 4.80. The number of carbonyl (C=O) groups is 1. The van der Waals surface area contributed by atoms with Gasteiger partial charge in [0.1, 0.15) is 17.3 Å². The van der Waals surface area contributed by atoms with Crippen LogP contribution in [0.1, 0.15) is 21.7 Å². The molecule has 0 saturated heterocycles. The average Bonchev–Trinajstić information content (AvgIpc) is 3.37. The van der Waals surface area contributed by atoms with Gasteiger partial charge in [0.2, 0.25) is 0 Å². The first kappa shape index (κ1) is 17.2. The molecule has 0 bridgehead atoms. The van der Waals surface area contributed by atoms with Crippen molar-refractivity contribution >= 4 is 17.3 Å². The van der Waals surface area contributed by atoms with Crippen LogP contribution in [0.5, 0.6) is 0 Å². The fourth-order valence-corrected chi connectivity index (χ4v) is 3.32. The third kappa shape index (κ3) is 3.96. The quantitative estimate of drug-likeness (QED) is 0.452. The minimum atomic E-state index is -0.478. The van der Waals surface area contributed by atoms with E-state index in [1.807, 2.05) is 61.5 Å². The Morgan fingerprint density at radius 2 is 1.85 bits per heavy atom. The van der Waals surface area contributed by atoms with Gasteiger partial charge in [0.25, 0.3) is 0 Å². The van der Waals surface area contributed by atoms with Crippen LogP contribution < -0.4 is 0 Å². The van der Waals surface area contributed by atoms with Crippen LogP contribution >= 0.6 is 11.3 Å². The smallest absolute Gasteiger partial charge is 0.358 e. The number of esters is 1. The van der Waals surface area contributed by atoms with Crippen LogP contribution in [0, 0.1) is 6.92 Å². The molecule has 5 nitrogen and oxygen atoms in total. The van der Waals surface area contributed by atoms with Crippen LogP contribution in [0.15, 0.2) is 70.6 Å². The van der Waals surface area contributed by atoms with E-state index in [1.165, 1.54) is 16.9 Å². The van der Waals surface area contributed by atoms with Crippen molar-refractivity contribution in [1.29, 1.82) is 0 Å². The van der Waals surface area contributed by atoms with Gasteiger partial charge in [-0.2, -0.15) is 0 Å². The molecule has 0 amide bonds. The van der Waals surface area contributed by atoms with Gasteiger partial charge in [-0.1, -0.05) is 65.3 Å². The minimum absolute atomic E-state index is 0.0343. The largest absolute Gasteiger partial charge is 0.454 e. The summed E-state index contributed by atoms with van der Waals surface area (Å²) >= 11 is 1.41. The molecule has 0 fully saturated rings. The van der Waals surface area contributed by atoms with Gasteiger partial charge in [0.15, 0.2) is 11.5 Å². The lowest BCUT2D eigenvalue weighted by molar-refractivity contribution is 0.0458. The van der Waals surface area contributed by atoms with Crippen LogP contribution in [0.3, 0.4) is 0 Å². The number of benzene rings is 2. The highest BCUT2D eigenvalue weighted by atomic mass is 32.1. The van der Waals surface area contributed by atoms with Gasteiger partial charge in [-0.05, 0) is 6.92 Å². The summed E-state index contributed by atoms with van der Waals surface area (Å²) in [7, 11) is 0. The topological polar surface area (TPSA) is 65.2 Å². The van der Waals surface area contributed by atoms with Gasteiger partial charge in [0, 0.05) is 22.6 Å². The van der Waals surface area contributed by atoms with Gasteiger partial charge >= 0.3 is 5.97 Å². The molecule has 2 aromatic carbocycles. The van der Waals surface area contributed by atoms with E-state index in [9.17, 15) is 4.79 Å². The van der Waals surface area contributed by atoms with Crippen LogP contribution in [-0.4, -0.2) is 16.1 Å². The molecule has 0 aliphatic heterocycles. The number of rotatable bonds is 5. The zero-order valence-electron chi connectivity index (χ0n) is 14.6. The van der Waals surface area contributed by atoms with Crippen LogP contribution in [0.4, 0.5) is 0 Å². The number of hydrogen-bond acceptors (Lipinski definition) is 6. The molecule has 0 saturated carbocycles. The lowest BCUT2D eigenvalue weighted by Gasteiger charge is -1.99. The van der Waals surface area contributed by atoms with Gasteiger partial charge in [-0.25, -0.2) is 9.78 Å². The van der Waals surface area contributed by atoms with Crippen molar-refractivity contribution in [2.75, 3.05) is 0 Å². The maximum atomic E-state index is 12.3. The van der Waals surface area contributed by atoms with Gasteiger partial charge in [-0.3, -0.25) is 0 Å². The third-order valence-electron chi connectivity index (χ3n) is 3.98. The molecule has 4 aromatic rings. The Balaban J connectivity index is 1.40. The molecule has 0 unspecified atom stereocenters. The van der Waals surface area contributed by atoms with Crippen molar-refractivity contribution in [1.82, 2.24) is 10.1 Å². The van der Waals surface area contributed by atoms with E-state index >= 15 is 0 Å². The Hall–Kier alpha value is -3.25. The molecular formula is C21H16N2O3S. The molecule has 0 N–H and O–H groups in total. The lowest BCUT2D eigenvalue weighted by atomic mass is 10.2. The zero-order valence-corrected chi connectivity index (χ0v) is 15.4. The van der Waals surface area contributed by atoms with Crippen molar-refractivity contribution in [3.8, 4) is 21.9 Å². The van der Waals surface area contributed by atoms with Gasteiger partial charge in [-0.15, -0.1) is 11.3 Å². The van der Waals surface area contributed by atoms with Gasteiger partial charge in [0.05, 0.1) is 0 Å². The SMILES string of the molecule is Cc1ccc(-c2nc(C(=O)OCc3cc(-c4ccccc4)on3)cs2)cc1. The molecule has 0 atom stereocenters. The molecule has 134 valence electrons. The summed E-state index contributed by atoms with van der Waals surface area (Å²) in [6, 6.07) is 19.4. The second-order valence-electron chi connectivity index (χ2n) is 6.03. The Bertz CT molecular complexity index is 1050. The number of hydrogen-bond donors (Lipinski definition) is 0. The number of ether oxygens (including phenoxy) is 1. The summed E-state index contributed by atoms with van der Waals surface area (Å²) in [5, 5.41) is 6.44. The van der Waals surface area contributed by atoms with Crippen LogP contribution in [-0.2, 0) is 11.3 Å². The van der Waals surface area contributed by atoms with Gasteiger partial charge < -0.3 is 9.26 Å². The zero-order chi connectivity index (χ0) is 18.6. The van der Waals surface area contributed by atoms with Crippen molar-refractivity contribution in [2.45, 2.75) is 13.5 Å². The van der Waals surface area contributed by atoms with Crippen LogP contribution in [0.25, 0.3) is 21.9 Å². The molecule has 2 heterocycles. The van der Waals surface area contributed by atoms with E-state index in [2.05, 4.69) is 10.1 Å². The molecule has 6 heteroatoms. The second-order valence-corrected chi connectivity index (χ2v) is 6.89. The molecular weight excluding hydrogens is 360 g/mol. The maximum absolute atomic E-state index is 12.3. The number of aromatic nitrogens is 2. The third-order valence-corrected chi connectivity index (χ3v) is 4.87. The molecule has 2 aromatic heterocycles. The van der Waals surface area contributed by atoms with Crippen LogP contribution in [0.2, 0.25) is 0 Å². The first-order chi connectivity index (χ1) is 13.2. The summed E-state index contributed by atoms with van der Waals surface area (Å²) in [5.74, 6) is 0.158. The predicted molar refractivity (Wildman–Crippen MR) is 103 cm³/mol. The first-order valence-electron chi connectivity index (χ1n) is 8.40. The summed E-state index contributed by atoms with van der Waals surface area (Å²) in [4.78, 5) is 16.6.